The molecule has 3 nitrogen and oxygen atoms in total. The summed E-state index contributed by atoms with van der Waals surface area (Å²) in [5.41, 5.74) is 0. The molecule has 18 heavy (non-hydrogen) atoms. The molecule has 1 N–H and O–H groups in total. The fraction of sp³-hybridized carbons (Fsp3) is 1.00. The van der Waals surface area contributed by atoms with E-state index in [0.29, 0.717) is 0 Å². The summed E-state index contributed by atoms with van der Waals surface area (Å²) in [5, 5.41) is 3.86. The summed E-state index contributed by atoms with van der Waals surface area (Å²) in [7, 11) is 4.50. The standard InChI is InChI=1S/C15H31N3/c1-12-11-18(4)13(2)9-15(12)16-10-14-5-7-17(3)8-6-14/h12-16H,5-11H2,1-4H3. The Bertz CT molecular complexity index is 248. The topological polar surface area (TPSA) is 18.5 Å². The first-order valence-corrected chi connectivity index (χ1v) is 7.68. The number of likely N-dealkylation sites (tertiary alicyclic amines) is 2. The van der Waals surface area contributed by atoms with Crippen molar-refractivity contribution in [2.45, 2.75) is 45.2 Å². The van der Waals surface area contributed by atoms with Gasteiger partial charge in [-0.2, -0.15) is 0 Å². The Kier molecular flexibility index (Phi) is 5.05. The van der Waals surface area contributed by atoms with Crippen LogP contribution in [0.4, 0.5) is 0 Å². The van der Waals surface area contributed by atoms with Crippen molar-refractivity contribution >= 4 is 0 Å². The first-order chi connectivity index (χ1) is 8.56. The minimum absolute atomic E-state index is 0.732. The molecule has 0 amide bonds. The van der Waals surface area contributed by atoms with Crippen molar-refractivity contribution in [1.82, 2.24) is 15.1 Å². The van der Waals surface area contributed by atoms with Gasteiger partial charge in [-0.25, -0.2) is 0 Å². The quantitative estimate of drug-likeness (QED) is 0.825. The third-order valence-electron chi connectivity index (χ3n) is 5.12. The molecule has 2 fully saturated rings. The molecule has 2 rings (SSSR count). The maximum Gasteiger partial charge on any atom is 0.0120 e. The molecule has 3 unspecified atom stereocenters. The third kappa shape index (κ3) is 3.69. The van der Waals surface area contributed by atoms with Crippen LogP contribution in [0.15, 0.2) is 0 Å². The van der Waals surface area contributed by atoms with Crippen molar-refractivity contribution in [3.63, 3.8) is 0 Å². The highest BCUT2D eigenvalue weighted by Gasteiger charge is 2.29. The van der Waals surface area contributed by atoms with Crippen LogP contribution in [0, 0.1) is 11.8 Å². The Morgan fingerprint density at radius 1 is 1.11 bits per heavy atom. The Labute approximate surface area is 113 Å². The van der Waals surface area contributed by atoms with Crippen molar-refractivity contribution in [2.24, 2.45) is 11.8 Å². The molecule has 0 aliphatic carbocycles. The second kappa shape index (κ2) is 6.36. The molecule has 3 heteroatoms. The number of nitrogens with one attached hydrogen (secondary N) is 1. The molecule has 0 saturated carbocycles. The molecule has 0 bridgehead atoms. The molecular formula is C15H31N3. The Hall–Kier alpha value is -0.120. The summed E-state index contributed by atoms with van der Waals surface area (Å²) in [5.74, 6) is 1.70. The molecule has 106 valence electrons. The van der Waals surface area contributed by atoms with Crippen molar-refractivity contribution in [2.75, 3.05) is 40.3 Å². The molecule has 3 atom stereocenters. The minimum atomic E-state index is 0.732. The van der Waals surface area contributed by atoms with E-state index < -0.39 is 0 Å². The van der Waals surface area contributed by atoms with Crippen LogP contribution in [0.3, 0.4) is 0 Å². The van der Waals surface area contributed by atoms with Crippen LogP contribution in [-0.2, 0) is 0 Å². The van der Waals surface area contributed by atoms with E-state index in [1.807, 2.05) is 0 Å². The summed E-state index contributed by atoms with van der Waals surface area (Å²) in [4.78, 5) is 4.95. The SMILES string of the molecule is CC1CN(C)C(C)CC1NCC1CCN(C)CC1. The monoisotopic (exact) mass is 253 g/mol. The summed E-state index contributed by atoms with van der Waals surface area (Å²) in [6.07, 6.45) is 4.06. The van der Waals surface area contributed by atoms with Gasteiger partial charge >= 0.3 is 0 Å². The maximum absolute atomic E-state index is 3.86. The van der Waals surface area contributed by atoms with Crippen LogP contribution in [0.2, 0.25) is 0 Å². The van der Waals surface area contributed by atoms with Crippen LogP contribution < -0.4 is 5.32 Å². The molecule has 0 aromatic rings. The third-order valence-corrected chi connectivity index (χ3v) is 5.12. The zero-order valence-corrected chi connectivity index (χ0v) is 12.7. The Balaban J connectivity index is 1.72. The van der Waals surface area contributed by atoms with Gasteiger partial charge in [-0.05, 0) is 71.8 Å². The molecule has 0 aromatic heterocycles. The summed E-state index contributed by atoms with van der Waals surface area (Å²) >= 11 is 0. The van der Waals surface area contributed by atoms with Crippen molar-refractivity contribution in [3.05, 3.63) is 0 Å². The predicted molar refractivity (Wildman–Crippen MR) is 77.9 cm³/mol. The normalized spacial score (nSPS) is 37.0. The van der Waals surface area contributed by atoms with Gasteiger partial charge in [0.25, 0.3) is 0 Å². The van der Waals surface area contributed by atoms with Crippen LogP contribution in [0.5, 0.6) is 0 Å². The van der Waals surface area contributed by atoms with Crippen LogP contribution in [0.25, 0.3) is 0 Å². The van der Waals surface area contributed by atoms with Crippen LogP contribution >= 0.6 is 0 Å². The first kappa shape index (κ1) is 14.3. The molecule has 2 saturated heterocycles. The average Bonchev–Trinajstić information content (AvgIpc) is 2.34. The van der Waals surface area contributed by atoms with E-state index in [0.717, 1.165) is 23.9 Å². The molecular weight excluding hydrogens is 222 g/mol. The number of hydrogen-bond donors (Lipinski definition) is 1. The van der Waals surface area contributed by atoms with Crippen LogP contribution in [-0.4, -0.2) is 62.2 Å². The lowest BCUT2D eigenvalue weighted by Crippen LogP contribution is -2.52. The first-order valence-electron chi connectivity index (χ1n) is 7.68. The van der Waals surface area contributed by atoms with Crippen molar-refractivity contribution in [1.29, 1.82) is 0 Å². The zero-order chi connectivity index (χ0) is 13.1. The number of piperidine rings is 2. The highest BCUT2D eigenvalue weighted by Crippen LogP contribution is 2.22. The molecule has 2 aliphatic heterocycles. The van der Waals surface area contributed by atoms with E-state index in [1.165, 1.54) is 45.4 Å². The summed E-state index contributed by atoms with van der Waals surface area (Å²) in [6, 6.07) is 1.46. The average molecular weight is 253 g/mol. The van der Waals surface area contributed by atoms with Crippen molar-refractivity contribution in [3.8, 4) is 0 Å². The Morgan fingerprint density at radius 2 is 1.78 bits per heavy atom. The second-order valence-electron chi connectivity index (χ2n) is 6.76. The maximum atomic E-state index is 3.86. The van der Waals surface area contributed by atoms with Gasteiger partial charge in [0.2, 0.25) is 0 Å². The largest absolute Gasteiger partial charge is 0.313 e. The lowest BCUT2D eigenvalue weighted by molar-refractivity contribution is 0.115. The van der Waals surface area contributed by atoms with Gasteiger partial charge in [-0.3, -0.25) is 0 Å². The van der Waals surface area contributed by atoms with E-state index in [-0.39, 0.29) is 0 Å². The lowest BCUT2D eigenvalue weighted by Gasteiger charge is -2.41. The number of hydrogen-bond acceptors (Lipinski definition) is 3. The van der Waals surface area contributed by atoms with Gasteiger partial charge in [0.1, 0.15) is 0 Å². The predicted octanol–water partition coefficient (Wildman–Crippen LogP) is 1.65. The van der Waals surface area contributed by atoms with Gasteiger partial charge in [0.15, 0.2) is 0 Å². The fourth-order valence-corrected chi connectivity index (χ4v) is 3.41. The molecule has 2 heterocycles. The highest BCUT2D eigenvalue weighted by molar-refractivity contribution is 4.87. The molecule has 0 radical (unpaired) electrons. The summed E-state index contributed by atoms with van der Waals surface area (Å²) < 4.78 is 0. The smallest absolute Gasteiger partial charge is 0.0120 e. The number of nitrogens with zero attached hydrogens (tertiary/aromatic N) is 2. The second-order valence-corrected chi connectivity index (χ2v) is 6.76. The van der Waals surface area contributed by atoms with E-state index >= 15 is 0 Å². The number of rotatable bonds is 3. The van der Waals surface area contributed by atoms with E-state index in [1.54, 1.807) is 0 Å². The van der Waals surface area contributed by atoms with Crippen molar-refractivity contribution < 1.29 is 0 Å². The van der Waals surface area contributed by atoms with E-state index in [9.17, 15) is 0 Å². The zero-order valence-electron chi connectivity index (χ0n) is 12.7. The lowest BCUT2D eigenvalue weighted by atomic mass is 9.88. The van der Waals surface area contributed by atoms with E-state index in [2.05, 4.69) is 43.1 Å². The molecule has 2 aliphatic rings. The van der Waals surface area contributed by atoms with Gasteiger partial charge in [0.05, 0.1) is 0 Å². The summed E-state index contributed by atoms with van der Waals surface area (Å²) in [6.45, 7) is 9.80. The highest BCUT2D eigenvalue weighted by atomic mass is 15.2. The van der Waals surface area contributed by atoms with Gasteiger partial charge < -0.3 is 15.1 Å². The fourth-order valence-electron chi connectivity index (χ4n) is 3.41. The van der Waals surface area contributed by atoms with Gasteiger partial charge in [-0.1, -0.05) is 6.92 Å². The van der Waals surface area contributed by atoms with Crippen LogP contribution in [0.1, 0.15) is 33.1 Å². The Morgan fingerprint density at radius 3 is 2.44 bits per heavy atom. The van der Waals surface area contributed by atoms with E-state index in [4.69, 9.17) is 0 Å². The molecule has 0 aromatic carbocycles. The minimum Gasteiger partial charge on any atom is -0.313 e. The van der Waals surface area contributed by atoms with Gasteiger partial charge in [0, 0.05) is 18.6 Å². The van der Waals surface area contributed by atoms with Gasteiger partial charge in [-0.15, -0.1) is 0 Å². The molecule has 0 spiro atoms.